The highest BCUT2D eigenvalue weighted by Gasteiger charge is 2.18. The van der Waals surface area contributed by atoms with Crippen molar-refractivity contribution >= 4 is 0 Å². The molecule has 0 aliphatic rings. The van der Waals surface area contributed by atoms with Gasteiger partial charge in [-0.15, -0.1) is 0 Å². The van der Waals surface area contributed by atoms with E-state index in [2.05, 4.69) is 5.32 Å². The van der Waals surface area contributed by atoms with E-state index in [0.717, 1.165) is 12.1 Å². The van der Waals surface area contributed by atoms with E-state index in [0.29, 0.717) is 12.0 Å². The highest BCUT2D eigenvalue weighted by molar-refractivity contribution is 5.21. The van der Waals surface area contributed by atoms with Crippen molar-refractivity contribution in [2.24, 2.45) is 0 Å². The molecule has 0 radical (unpaired) electrons. The van der Waals surface area contributed by atoms with E-state index < -0.39 is 17.5 Å². The van der Waals surface area contributed by atoms with E-state index in [1.165, 1.54) is 0 Å². The molecule has 0 bridgehead atoms. The van der Waals surface area contributed by atoms with Crippen molar-refractivity contribution in [2.75, 3.05) is 7.05 Å². The second-order valence-electron chi connectivity index (χ2n) is 4.18. The van der Waals surface area contributed by atoms with Gasteiger partial charge in [0.05, 0.1) is 0 Å². The van der Waals surface area contributed by atoms with Gasteiger partial charge in [0.15, 0.2) is 17.5 Å². The summed E-state index contributed by atoms with van der Waals surface area (Å²) in [6, 6.07) is 2.05. The molecule has 1 aromatic carbocycles. The summed E-state index contributed by atoms with van der Waals surface area (Å²) in [5.41, 5.74) is 0.155. The Labute approximate surface area is 87.3 Å². The smallest absolute Gasteiger partial charge is 0.194 e. The van der Waals surface area contributed by atoms with E-state index in [1.807, 2.05) is 13.8 Å². The van der Waals surface area contributed by atoms with Crippen LogP contribution in [0.3, 0.4) is 0 Å². The van der Waals surface area contributed by atoms with Crippen molar-refractivity contribution in [2.45, 2.75) is 25.8 Å². The lowest BCUT2D eigenvalue weighted by Crippen LogP contribution is -2.38. The first kappa shape index (κ1) is 12.0. The minimum atomic E-state index is -1.42. The first-order chi connectivity index (χ1) is 6.85. The average Bonchev–Trinajstić information content (AvgIpc) is 2.13. The van der Waals surface area contributed by atoms with Crippen LogP contribution in [0.15, 0.2) is 12.1 Å². The summed E-state index contributed by atoms with van der Waals surface area (Å²) in [7, 11) is 1.76. The molecule has 15 heavy (non-hydrogen) atoms. The number of hydrogen-bond donors (Lipinski definition) is 1. The minimum absolute atomic E-state index is 0.281. The average molecular weight is 217 g/mol. The molecule has 0 amide bonds. The van der Waals surface area contributed by atoms with Crippen molar-refractivity contribution < 1.29 is 13.2 Å². The maximum atomic E-state index is 12.9. The molecule has 0 heterocycles. The molecule has 0 atom stereocenters. The van der Waals surface area contributed by atoms with E-state index in [4.69, 9.17) is 0 Å². The van der Waals surface area contributed by atoms with Gasteiger partial charge in [0, 0.05) is 5.54 Å². The molecule has 0 aliphatic heterocycles. The molecule has 4 heteroatoms. The lowest BCUT2D eigenvalue weighted by atomic mass is 9.95. The Morgan fingerprint density at radius 2 is 1.60 bits per heavy atom. The van der Waals surface area contributed by atoms with Gasteiger partial charge in [-0.1, -0.05) is 0 Å². The second kappa shape index (κ2) is 4.23. The normalized spacial score (nSPS) is 11.9. The molecule has 1 N–H and O–H groups in total. The van der Waals surface area contributed by atoms with Gasteiger partial charge in [-0.25, -0.2) is 13.2 Å². The predicted molar refractivity (Wildman–Crippen MR) is 53.2 cm³/mol. The predicted octanol–water partition coefficient (Wildman–Crippen LogP) is 2.64. The van der Waals surface area contributed by atoms with Crippen LogP contribution in [0.2, 0.25) is 0 Å². The fraction of sp³-hybridized carbons (Fsp3) is 0.455. The van der Waals surface area contributed by atoms with Crippen LogP contribution in [0.4, 0.5) is 13.2 Å². The van der Waals surface area contributed by atoms with Crippen LogP contribution in [-0.2, 0) is 6.42 Å². The van der Waals surface area contributed by atoms with Crippen LogP contribution in [0, 0.1) is 17.5 Å². The van der Waals surface area contributed by atoms with Gasteiger partial charge < -0.3 is 5.32 Å². The zero-order valence-electron chi connectivity index (χ0n) is 9.00. The number of likely N-dealkylation sites (N-methyl/N-ethyl adjacent to an activating group) is 1. The topological polar surface area (TPSA) is 12.0 Å². The van der Waals surface area contributed by atoms with Crippen LogP contribution < -0.4 is 5.32 Å². The minimum Gasteiger partial charge on any atom is -0.314 e. The van der Waals surface area contributed by atoms with Crippen LogP contribution in [0.5, 0.6) is 0 Å². The molecule has 0 saturated heterocycles. The lowest BCUT2D eigenvalue weighted by Gasteiger charge is -2.24. The van der Waals surface area contributed by atoms with E-state index in [9.17, 15) is 13.2 Å². The molecule has 0 aromatic heterocycles. The van der Waals surface area contributed by atoms with E-state index in [1.54, 1.807) is 7.05 Å². The maximum Gasteiger partial charge on any atom is 0.194 e. The number of halogens is 3. The van der Waals surface area contributed by atoms with Crippen molar-refractivity contribution in [3.05, 3.63) is 35.1 Å². The second-order valence-corrected chi connectivity index (χ2v) is 4.18. The highest BCUT2D eigenvalue weighted by Crippen LogP contribution is 2.17. The first-order valence-electron chi connectivity index (χ1n) is 4.68. The van der Waals surface area contributed by atoms with Crippen LogP contribution in [0.25, 0.3) is 0 Å². The Bertz CT molecular complexity index is 338. The Hall–Kier alpha value is -1.03. The molecule has 0 unspecified atom stereocenters. The van der Waals surface area contributed by atoms with Crippen LogP contribution >= 0.6 is 0 Å². The zero-order valence-corrected chi connectivity index (χ0v) is 9.00. The third-order valence-corrected chi connectivity index (χ3v) is 2.37. The molecule has 0 saturated carbocycles. The van der Waals surface area contributed by atoms with Gasteiger partial charge in [0.1, 0.15) is 0 Å². The number of rotatable bonds is 3. The first-order valence-corrected chi connectivity index (χ1v) is 4.68. The summed E-state index contributed by atoms with van der Waals surface area (Å²) < 4.78 is 38.4. The van der Waals surface area contributed by atoms with Gasteiger partial charge in [-0.05, 0) is 45.0 Å². The summed E-state index contributed by atoms with van der Waals surface area (Å²) in [6.07, 6.45) is 0.428. The highest BCUT2D eigenvalue weighted by atomic mass is 19.2. The Morgan fingerprint density at radius 3 is 2.00 bits per heavy atom. The molecule has 1 rings (SSSR count). The fourth-order valence-corrected chi connectivity index (χ4v) is 1.31. The fourth-order valence-electron chi connectivity index (χ4n) is 1.31. The van der Waals surface area contributed by atoms with Crippen LogP contribution in [0.1, 0.15) is 19.4 Å². The van der Waals surface area contributed by atoms with Gasteiger partial charge in [-0.3, -0.25) is 0 Å². The maximum absolute atomic E-state index is 12.9. The molecule has 0 fully saturated rings. The monoisotopic (exact) mass is 217 g/mol. The molecule has 1 nitrogen and oxygen atoms in total. The third kappa shape index (κ3) is 2.96. The quantitative estimate of drug-likeness (QED) is 0.767. The lowest BCUT2D eigenvalue weighted by molar-refractivity contribution is 0.412. The Balaban J connectivity index is 2.98. The summed E-state index contributed by atoms with van der Waals surface area (Å²) in [5, 5.41) is 3.00. The molecule has 1 aromatic rings. The Morgan fingerprint density at radius 1 is 1.13 bits per heavy atom. The SMILES string of the molecule is CNC(C)(C)Cc1cc(F)c(F)c(F)c1. The summed E-state index contributed by atoms with van der Waals surface area (Å²) in [4.78, 5) is 0. The number of benzene rings is 1. The third-order valence-electron chi connectivity index (χ3n) is 2.37. The molecule has 84 valence electrons. The van der Waals surface area contributed by atoms with Gasteiger partial charge >= 0.3 is 0 Å². The summed E-state index contributed by atoms with van der Waals surface area (Å²) in [5.74, 6) is -3.70. The van der Waals surface area contributed by atoms with Crippen molar-refractivity contribution in [3.63, 3.8) is 0 Å². The Kier molecular flexibility index (Phi) is 3.39. The largest absolute Gasteiger partial charge is 0.314 e. The molecular weight excluding hydrogens is 203 g/mol. The standard InChI is InChI=1S/C11H14F3N/c1-11(2,15-3)6-7-4-8(12)10(14)9(13)5-7/h4-5,15H,6H2,1-3H3. The van der Waals surface area contributed by atoms with Crippen molar-refractivity contribution in [1.82, 2.24) is 5.32 Å². The van der Waals surface area contributed by atoms with Crippen molar-refractivity contribution in [1.29, 1.82) is 0 Å². The molecular formula is C11H14F3N. The van der Waals surface area contributed by atoms with Crippen molar-refractivity contribution in [3.8, 4) is 0 Å². The van der Waals surface area contributed by atoms with Crippen LogP contribution in [-0.4, -0.2) is 12.6 Å². The van der Waals surface area contributed by atoms with Gasteiger partial charge in [0.2, 0.25) is 0 Å². The summed E-state index contributed by atoms with van der Waals surface area (Å²) in [6.45, 7) is 3.79. The van der Waals surface area contributed by atoms with Gasteiger partial charge in [0.25, 0.3) is 0 Å². The molecule has 0 aliphatic carbocycles. The van der Waals surface area contributed by atoms with E-state index in [-0.39, 0.29) is 5.54 Å². The zero-order chi connectivity index (χ0) is 11.6. The molecule has 0 spiro atoms. The van der Waals surface area contributed by atoms with E-state index >= 15 is 0 Å². The van der Waals surface area contributed by atoms with Gasteiger partial charge in [-0.2, -0.15) is 0 Å². The number of hydrogen-bond acceptors (Lipinski definition) is 1. The summed E-state index contributed by atoms with van der Waals surface area (Å²) >= 11 is 0. The number of nitrogens with one attached hydrogen (secondary N) is 1.